The summed E-state index contributed by atoms with van der Waals surface area (Å²) in [5.41, 5.74) is -0.936. The number of ketones is 1. The first kappa shape index (κ1) is 19.4. The highest BCUT2D eigenvalue weighted by Crippen LogP contribution is 2.27. The van der Waals surface area contributed by atoms with Crippen LogP contribution in [-0.2, 0) is 25.7 Å². The normalized spacial score (nSPS) is 12.7. The van der Waals surface area contributed by atoms with E-state index in [2.05, 4.69) is 6.58 Å². The van der Waals surface area contributed by atoms with Crippen molar-refractivity contribution in [3.63, 3.8) is 0 Å². The van der Waals surface area contributed by atoms with Crippen LogP contribution in [-0.4, -0.2) is 42.3 Å². The van der Waals surface area contributed by atoms with Gasteiger partial charge in [-0.25, -0.2) is 4.79 Å². The molecule has 0 radical (unpaired) electrons. The van der Waals surface area contributed by atoms with Crippen molar-refractivity contribution in [2.75, 3.05) is 14.2 Å². The second kappa shape index (κ2) is 8.29. The molecule has 0 fully saturated rings. The van der Waals surface area contributed by atoms with E-state index in [1.54, 1.807) is 38.3 Å². The second-order valence-corrected chi connectivity index (χ2v) is 5.24. The lowest BCUT2D eigenvalue weighted by molar-refractivity contribution is -0.166. The molecule has 0 saturated heterocycles. The van der Waals surface area contributed by atoms with Crippen LogP contribution in [0.2, 0.25) is 0 Å². The van der Waals surface area contributed by atoms with Crippen molar-refractivity contribution >= 4 is 17.7 Å². The van der Waals surface area contributed by atoms with Crippen molar-refractivity contribution < 1.29 is 23.9 Å². The van der Waals surface area contributed by atoms with E-state index in [0.717, 1.165) is 11.6 Å². The van der Waals surface area contributed by atoms with Crippen LogP contribution in [0.5, 0.6) is 5.75 Å². The second-order valence-electron chi connectivity index (χ2n) is 5.24. The lowest BCUT2D eigenvalue weighted by Crippen LogP contribution is -2.60. The quantitative estimate of drug-likeness (QED) is 0.414. The van der Waals surface area contributed by atoms with Crippen LogP contribution in [0.3, 0.4) is 0 Å². The molecule has 1 amide bonds. The number of Topliss-reactive ketones (excluding diaryl/α,β-unsaturated/α-hetero) is 1. The van der Waals surface area contributed by atoms with Gasteiger partial charge in [0.15, 0.2) is 11.3 Å². The first-order valence-electron chi connectivity index (χ1n) is 7.53. The van der Waals surface area contributed by atoms with Gasteiger partial charge < -0.3 is 14.4 Å². The molecule has 130 valence electrons. The highest BCUT2D eigenvalue weighted by Gasteiger charge is 2.50. The standard InChI is InChI=1S/C18H23NO5/c1-6-16(21)19(12-14-8-10-15(23-4)11-9-14)18(7-2,13(3)20)17(22)24-5/h6,8-11H,1,7,12H2,2-5H3/t18-/m1/s1. The van der Waals surface area contributed by atoms with E-state index in [1.807, 2.05) is 0 Å². The number of benzene rings is 1. The summed E-state index contributed by atoms with van der Waals surface area (Å²) in [6, 6.07) is 7.01. The third-order valence-electron chi connectivity index (χ3n) is 4.02. The molecule has 1 aromatic rings. The van der Waals surface area contributed by atoms with Crippen molar-refractivity contribution in [1.29, 1.82) is 0 Å². The summed E-state index contributed by atoms with van der Waals surface area (Å²) in [4.78, 5) is 38.3. The van der Waals surface area contributed by atoms with Crippen LogP contribution in [0.1, 0.15) is 25.8 Å². The van der Waals surface area contributed by atoms with Gasteiger partial charge in [-0.15, -0.1) is 0 Å². The summed E-state index contributed by atoms with van der Waals surface area (Å²) in [5.74, 6) is -1.07. The molecule has 6 nitrogen and oxygen atoms in total. The maximum Gasteiger partial charge on any atom is 0.339 e. The summed E-state index contributed by atoms with van der Waals surface area (Å²) in [6.07, 6.45) is 1.19. The molecule has 0 saturated carbocycles. The van der Waals surface area contributed by atoms with Gasteiger partial charge in [-0.05, 0) is 37.1 Å². The number of carbonyl (C=O) groups is 3. The number of nitrogens with zero attached hydrogens (tertiary/aromatic N) is 1. The molecule has 0 aliphatic rings. The summed E-state index contributed by atoms with van der Waals surface area (Å²) in [5, 5.41) is 0. The van der Waals surface area contributed by atoms with Gasteiger partial charge >= 0.3 is 5.97 Å². The Hall–Kier alpha value is -2.63. The van der Waals surface area contributed by atoms with Crippen LogP contribution < -0.4 is 4.74 Å². The zero-order chi connectivity index (χ0) is 18.3. The number of methoxy groups -OCH3 is 2. The third kappa shape index (κ3) is 3.64. The number of hydrogen-bond acceptors (Lipinski definition) is 5. The molecule has 0 N–H and O–H groups in total. The Balaban J connectivity index is 3.36. The van der Waals surface area contributed by atoms with Crippen LogP contribution in [0.15, 0.2) is 36.9 Å². The first-order valence-corrected chi connectivity index (χ1v) is 7.53. The molecule has 6 heteroatoms. The minimum Gasteiger partial charge on any atom is -0.497 e. The van der Waals surface area contributed by atoms with Gasteiger partial charge in [-0.3, -0.25) is 9.59 Å². The molecule has 0 heterocycles. The molecule has 1 rings (SSSR count). The van der Waals surface area contributed by atoms with Crippen LogP contribution in [0.25, 0.3) is 0 Å². The SMILES string of the molecule is C=CC(=O)N(Cc1ccc(OC)cc1)[C@](CC)(C(C)=O)C(=O)OC. The van der Waals surface area contributed by atoms with Crippen LogP contribution in [0.4, 0.5) is 0 Å². The Morgan fingerprint density at radius 1 is 1.21 bits per heavy atom. The molecule has 0 aliphatic heterocycles. The Kier molecular flexibility index (Phi) is 6.70. The molecule has 1 aromatic carbocycles. The molecule has 0 spiro atoms. The fourth-order valence-corrected chi connectivity index (χ4v) is 2.62. The minimum absolute atomic E-state index is 0.0668. The van der Waals surface area contributed by atoms with Gasteiger partial charge in [-0.1, -0.05) is 25.6 Å². The highest BCUT2D eigenvalue weighted by atomic mass is 16.5. The average Bonchev–Trinajstić information content (AvgIpc) is 2.61. The zero-order valence-corrected chi connectivity index (χ0v) is 14.5. The maximum absolute atomic E-state index is 12.4. The Morgan fingerprint density at radius 3 is 2.17 bits per heavy atom. The van der Waals surface area contributed by atoms with Crippen LogP contribution >= 0.6 is 0 Å². The van der Waals surface area contributed by atoms with Crippen molar-refractivity contribution in [2.24, 2.45) is 0 Å². The molecule has 0 aliphatic carbocycles. The first-order chi connectivity index (χ1) is 11.4. The predicted octanol–water partition coefficient (Wildman–Crippen LogP) is 2.12. The van der Waals surface area contributed by atoms with E-state index in [9.17, 15) is 14.4 Å². The van der Waals surface area contributed by atoms with E-state index in [1.165, 1.54) is 18.9 Å². The topological polar surface area (TPSA) is 72.9 Å². The molecular formula is C18H23NO5. The molecule has 0 unspecified atom stereocenters. The lowest BCUT2D eigenvalue weighted by atomic mass is 9.88. The summed E-state index contributed by atoms with van der Waals surface area (Å²) in [7, 11) is 2.75. The van der Waals surface area contributed by atoms with Gasteiger partial charge in [0.05, 0.1) is 14.2 Å². The highest BCUT2D eigenvalue weighted by molar-refractivity contribution is 6.10. The summed E-state index contributed by atoms with van der Waals surface area (Å²) in [6.45, 7) is 6.47. The smallest absolute Gasteiger partial charge is 0.339 e. The van der Waals surface area contributed by atoms with E-state index >= 15 is 0 Å². The lowest BCUT2D eigenvalue weighted by Gasteiger charge is -2.38. The number of ether oxygens (including phenoxy) is 2. The largest absolute Gasteiger partial charge is 0.497 e. The summed E-state index contributed by atoms with van der Waals surface area (Å²) >= 11 is 0. The van der Waals surface area contributed by atoms with Crippen molar-refractivity contribution in [3.05, 3.63) is 42.5 Å². The predicted molar refractivity (Wildman–Crippen MR) is 89.5 cm³/mol. The van der Waals surface area contributed by atoms with Crippen molar-refractivity contribution in [2.45, 2.75) is 32.4 Å². The van der Waals surface area contributed by atoms with Gasteiger partial charge in [0.25, 0.3) is 0 Å². The fraction of sp³-hybridized carbons (Fsp3) is 0.389. The minimum atomic E-state index is -1.68. The van der Waals surface area contributed by atoms with Gasteiger partial charge in [0.2, 0.25) is 5.91 Å². The molecule has 24 heavy (non-hydrogen) atoms. The third-order valence-corrected chi connectivity index (χ3v) is 4.02. The van der Waals surface area contributed by atoms with Gasteiger partial charge in [0, 0.05) is 6.54 Å². The van der Waals surface area contributed by atoms with E-state index in [-0.39, 0.29) is 13.0 Å². The van der Waals surface area contributed by atoms with Gasteiger partial charge in [0.1, 0.15) is 5.75 Å². The number of rotatable bonds is 8. The molecule has 0 bridgehead atoms. The Morgan fingerprint density at radius 2 is 1.79 bits per heavy atom. The fourth-order valence-electron chi connectivity index (χ4n) is 2.62. The monoisotopic (exact) mass is 333 g/mol. The molecule has 1 atom stereocenters. The Bertz CT molecular complexity index is 623. The van der Waals surface area contributed by atoms with Crippen LogP contribution in [0, 0.1) is 0 Å². The van der Waals surface area contributed by atoms with Crippen molar-refractivity contribution in [1.82, 2.24) is 4.90 Å². The Labute approximate surface area is 142 Å². The number of esters is 1. The van der Waals surface area contributed by atoms with Crippen molar-refractivity contribution in [3.8, 4) is 5.75 Å². The number of amides is 1. The number of hydrogen-bond donors (Lipinski definition) is 0. The van der Waals surface area contributed by atoms with E-state index in [4.69, 9.17) is 9.47 Å². The molecular weight excluding hydrogens is 310 g/mol. The van der Waals surface area contributed by atoms with E-state index in [0.29, 0.717) is 5.75 Å². The zero-order valence-electron chi connectivity index (χ0n) is 14.5. The molecule has 0 aromatic heterocycles. The maximum atomic E-state index is 12.4. The number of carbonyl (C=O) groups excluding carboxylic acids is 3. The van der Waals surface area contributed by atoms with E-state index < -0.39 is 23.2 Å². The summed E-state index contributed by atoms with van der Waals surface area (Å²) < 4.78 is 9.91. The van der Waals surface area contributed by atoms with Gasteiger partial charge in [-0.2, -0.15) is 0 Å². The average molecular weight is 333 g/mol.